The van der Waals surface area contributed by atoms with E-state index in [1.54, 1.807) is 25.6 Å². The van der Waals surface area contributed by atoms with Gasteiger partial charge in [-0.25, -0.2) is 0 Å². The molecule has 1 N–H and O–H groups in total. The highest BCUT2D eigenvalue weighted by Gasteiger charge is 2.16. The van der Waals surface area contributed by atoms with Crippen LogP contribution >= 0.6 is 23.1 Å². The van der Waals surface area contributed by atoms with Crippen LogP contribution in [0.2, 0.25) is 0 Å². The maximum absolute atomic E-state index is 5.46. The van der Waals surface area contributed by atoms with E-state index in [-0.39, 0.29) is 6.04 Å². The molecule has 3 nitrogen and oxygen atoms in total. The Morgan fingerprint density at radius 2 is 2.10 bits per heavy atom. The smallest absolute Gasteiger partial charge is 0.123 e. The first-order chi connectivity index (χ1) is 9.78. The molecule has 1 unspecified atom stereocenters. The zero-order valence-electron chi connectivity index (χ0n) is 11.9. The Kier molecular flexibility index (Phi) is 5.76. The van der Waals surface area contributed by atoms with Gasteiger partial charge in [0.15, 0.2) is 0 Å². The number of methoxy groups -OCH3 is 2. The molecule has 1 atom stereocenters. The highest BCUT2D eigenvalue weighted by Crippen LogP contribution is 2.33. The number of benzene rings is 1. The van der Waals surface area contributed by atoms with E-state index in [0.717, 1.165) is 22.8 Å². The number of hydrogen-bond acceptors (Lipinski definition) is 5. The van der Waals surface area contributed by atoms with E-state index >= 15 is 0 Å². The number of nitrogens with one attached hydrogen (secondary N) is 1. The van der Waals surface area contributed by atoms with Crippen molar-refractivity contribution < 1.29 is 9.47 Å². The lowest BCUT2D eigenvalue weighted by molar-refractivity contribution is 0.394. The number of hydrogen-bond donors (Lipinski definition) is 1. The maximum atomic E-state index is 5.46. The van der Waals surface area contributed by atoms with Crippen molar-refractivity contribution in [1.29, 1.82) is 0 Å². The van der Waals surface area contributed by atoms with Crippen molar-refractivity contribution in [3.8, 4) is 11.5 Å². The molecule has 0 aliphatic carbocycles. The van der Waals surface area contributed by atoms with E-state index in [1.165, 1.54) is 4.21 Å². The fourth-order valence-corrected chi connectivity index (χ4v) is 3.89. The lowest BCUT2D eigenvalue weighted by Crippen LogP contribution is -2.19. The minimum Gasteiger partial charge on any atom is -0.497 e. The highest BCUT2D eigenvalue weighted by molar-refractivity contribution is 8.01. The van der Waals surface area contributed by atoms with E-state index in [2.05, 4.69) is 22.8 Å². The van der Waals surface area contributed by atoms with Crippen molar-refractivity contribution in [2.45, 2.75) is 10.3 Å². The molecule has 0 radical (unpaired) electrons. The largest absolute Gasteiger partial charge is 0.497 e. The Morgan fingerprint density at radius 3 is 2.70 bits per heavy atom. The third-order valence-corrected chi connectivity index (χ3v) is 5.27. The van der Waals surface area contributed by atoms with Crippen molar-refractivity contribution in [2.75, 3.05) is 27.0 Å². The van der Waals surface area contributed by atoms with Gasteiger partial charge in [-0.3, -0.25) is 0 Å². The molecule has 0 saturated heterocycles. The second-order valence-electron chi connectivity index (χ2n) is 4.19. The molecular formula is C15H19NO2S2. The molecule has 108 valence electrons. The summed E-state index contributed by atoms with van der Waals surface area (Å²) in [5.74, 6) is 2.68. The zero-order chi connectivity index (χ0) is 14.4. The van der Waals surface area contributed by atoms with Crippen LogP contribution in [0.5, 0.6) is 11.5 Å². The molecule has 5 heteroatoms. The van der Waals surface area contributed by atoms with Crippen molar-refractivity contribution in [2.24, 2.45) is 0 Å². The van der Waals surface area contributed by atoms with Gasteiger partial charge in [0.05, 0.1) is 18.4 Å². The van der Waals surface area contributed by atoms with Crippen LogP contribution in [-0.4, -0.2) is 27.0 Å². The summed E-state index contributed by atoms with van der Waals surface area (Å²) in [5, 5.41) is 5.46. The summed E-state index contributed by atoms with van der Waals surface area (Å²) in [5.41, 5.74) is 1.12. The summed E-state index contributed by atoms with van der Waals surface area (Å²) >= 11 is 3.61. The number of thiophene rings is 1. The second-order valence-corrected chi connectivity index (χ2v) is 6.46. The lowest BCUT2D eigenvalue weighted by atomic mass is 10.1. The SMILES string of the molecule is CNC(CSc1cccs1)c1cc(OC)ccc1OC. The Balaban J connectivity index is 2.16. The first kappa shape index (κ1) is 15.2. The van der Waals surface area contributed by atoms with Gasteiger partial charge < -0.3 is 14.8 Å². The van der Waals surface area contributed by atoms with Crippen LogP contribution in [0.15, 0.2) is 39.9 Å². The van der Waals surface area contributed by atoms with Gasteiger partial charge in [0.25, 0.3) is 0 Å². The van der Waals surface area contributed by atoms with Gasteiger partial charge in [-0.05, 0) is 36.7 Å². The van der Waals surface area contributed by atoms with Gasteiger partial charge in [0.1, 0.15) is 11.5 Å². The monoisotopic (exact) mass is 309 g/mol. The quantitative estimate of drug-likeness (QED) is 0.788. The lowest BCUT2D eigenvalue weighted by Gasteiger charge is -2.19. The van der Waals surface area contributed by atoms with Gasteiger partial charge in [0, 0.05) is 17.4 Å². The van der Waals surface area contributed by atoms with Gasteiger partial charge in [0.2, 0.25) is 0 Å². The summed E-state index contributed by atoms with van der Waals surface area (Å²) in [6.07, 6.45) is 0. The van der Waals surface area contributed by atoms with Gasteiger partial charge in [-0.1, -0.05) is 6.07 Å². The van der Waals surface area contributed by atoms with Crippen LogP contribution in [0, 0.1) is 0 Å². The van der Waals surface area contributed by atoms with Crippen molar-refractivity contribution in [1.82, 2.24) is 5.32 Å². The molecule has 1 aromatic heterocycles. The molecular weight excluding hydrogens is 290 g/mol. The Bertz CT molecular complexity index is 529. The zero-order valence-corrected chi connectivity index (χ0v) is 13.5. The fourth-order valence-electron chi connectivity index (χ4n) is 1.95. The normalized spacial score (nSPS) is 12.2. The minimum absolute atomic E-state index is 0.215. The second kappa shape index (κ2) is 7.57. The Morgan fingerprint density at radius 1 is 1.25 bits per heavy atom. The molecule has 0 aliphatic rings. The minimum atomic E-state index is 0.215. The van der Waals surface area contributed by atoms with E-state index in [9.17, 15) is 0 Å². The van der Waals surface area contributed by atoms with Crippen molar-refractivity contribution in [3.63, 3.8) is 0 Å². The molecule has 0 spiro atoms. The van der Waals surface area contributed by atoms with Crippen LogP contribution in [-0.2, 0) is 0 Å². The average molecular weight is 309 g/mol. The van der Waals surface area contributed by atoms with E-state index in [4.69, 9.17) is 9.47 Å². The third kappa shape index (κ3) is 3.69. The highest BCUT2D eigenvalue weighted by atomic mass is 32.2. The van der Waals surface area contributed by atoms with Crippen LogP contribution in [0.1, 0.15) is 11.6 Å². The van der Waals surface area contributed by atoms with Crippen LogP contribution in [0.3, 0.4) is 0 Å². The fraction of sp³-hybridized carbons (Fsp3) is 0.333. The molecule has 0 bridgehead atoms. The molecule has 0 fully saturated rings. The van der Waals surface area contributed by atoms with Gasteiger partial charge >= 0.3 is 0 Å². The molecule has 1 aromatic carbocycles. The Labute approximate surface area is 128 Å². The molecule has 0 saturated carbocycles. The molecule has 20 heavy (non-hydrogen) atoms. The molecule has 0 aliphatic heterocycles. The molecule has 1 heterocycles. The average Bonchev–Trinajstić information content (AvgIpc) is 3.01. The number of thioether (sulfide) groups is 1. The molecule has 2 rings (SSSR count). The topological polar surface area (TPSA) is 30.5 Å². The number of ether oxygens (including phenoxy) is 2. The molecule has 2 aromatic rings. The predicted octanol–water partition coefficient (Wildman–Crippen LogP) is 3.82. The third-order valence-electron chi connectivity index (χ3n) is 3.05. The summed E-state index contributed by atoms with van der Waals surface area (Å²) in [7, 11) is 5.35. The van der Waals surface area contributed by atoms with E-state index in [1.807, 2.05) is 37.0 Å². The van der Waals surface area contributed by atoms with Crippen LogP contribution in [0.25, 0.3) is 0 Å². The Hall–Kier alpha value is -1.17. The number of rotatable bonds is 7. The first-order valence-corrected chi connectivity index (χ1v) is 8.20. The summed E-state index contributed by atoms with van der Waals surface area (Å²) in [6, 6.07) is 10.3. The van der Waals surface area contributed by atoms with Crippen LogP contribution < -0.4 is 14.8 Å². The summed E-state index contributed by atoms with van der Waals surface area (Å²) in [4.78, 5) is 0. The van der Waals surface area contributed by atoms with Crippen molar-refractivity contribution in [3.05, 3.63) is 41.3 Å². The summed E-state index contributed by atoms with van der Waals surface area (Å²) in [6.45, 7) is 0. The van der Waals surface area contributed by atoms with E-state index < -0.39 is 0 Å². The first-order valence-electron chi connectivity index (χ1n) is 6.34. The summed E-state index contributed by atoms with van der Waals surface area (Å²) < 4.78 is 12.1. The van der Waals surface area contributed by atoms with Crippen LogP contribution in [0.4, 0.5) is 0 Å². The predicted molar refractivity (Wildman–Crippen MR) is 86.4 cm³/mol. The van der Waals surface area contributed by atoms with Gasteiger partial charge in [-0.2, -0.15) is 0 Å². The van der Waals surface area contributed by atoms with Gasteiger partial charge in [-0.15, -0.1) is 23.1 Å². The molecule has 0 amide bonds. The standard InChI is InChI=1S/C15H19NO2S2/c1-16-13(10-20-15-5-4-8-19-15)12-9-11(17-2)6-7-14(12)18-3/h4-9,13,16H,10H2,1-3H3. The van der Waals surface area contributed by atoms with Crippen molar-refractivity contribution >= 4 is 23.1 Å². The maximum Gasteiger partial charge on any atom is 0.123 e. The van der Waals surface area contributed by atoms with E-state index in [0.29, 0.717) is 0 Å².